The molecule has 2 rings (SSSR count). The van der Waals surface area contributed by atoms with Gasteiger partial charge in [0.25, 0.3) is 0 Å². The van der Waals surface area contributed by atoms with Gasteiger partial charge in [0.05, 0.1) is 29.6 Å². The van der Waals surface area contributed by atoms with E-state index in [9.17, 15) is 9.59 Å². The fourth-order valence-electron chi connectivity index (χ4n) is 2.12. The highest BCUT2D eigenvalue weighted by Gasteiger charge is 2.19. The van der Waals surface area contributed by atoms with Crippen molar-refractivity contribution in [2.45, 2.75) is 32.2 Å². The van der Waals surface area contributed by atoms with Crippen LogP contribution in [0.2, 0.25) is 5.02 Å². The maximum Gasteiger partial charge on any atom is 0.305 e. The summed E-state index contributed by atoms with van der Waals surface area (Å²) in [5, 5.41) is 15.2. The van der Waals surface area contributed by atoms with E-state index in [-0.39, 0.29) is 18.7 Å². The minimum Gasteiger partial charge on any atom is -0.481 e. The zero-order valence-electron chi connectivity index (χ0n) is 12.6. The number of aryl methyl sites for hydroxylation is 1. The molecular formula is C16H17ClN2O3S. The number of nitrogens with zero attached hydrogens (tertiary/aromatic N) is 1. The van der Waals surface area contributed by atoms with Crippen molar-refractivity contribution in [2.75, 3.05) is 0 Å². The fraction of sp³-hybridized carbons (Fsp3) is 0.312. The third-order valence-corrected chi connectivity index (χ3v) is 4.52. The molecule has 1 atom stereocenters. The molecule has 5 nitrogen and oxygen atoms in total. The lowest BCUT2D eigenvalue weighted by Crippen LogP contribution is -2.31. The van der Waals surface area contributed by atoms with Crippen LogP contribution in [0.4, 0.5) is 0 Å². The van der Waals surface area contributed by atoms with Gasteiger partial charge in [0.15, 0.2) is 0 Å². The number of amides is 1. The van der Waals surface area contributed by atoms with Crippen molar-refractivity contribution in [1.29, 1.82) is 0 Å². The lowest BCUT2D eigenvalue weighted by molar-refractivity contribution is -0.137. The molecule has 2 aromatic rings. The molecule has 0 spiro atoms. The van der Waals surface area contributed by atoms with Crippen molar-refractivity contribution in [1.82, 2.24) is 10.3 Å². The molecule has 0 aliphatic heterocycles. The Kier molecular flexibility index (Phi) is 6.12. The molecule has 0 saturated heterocycles. The van der Waals surface area contributed by atoms with E-state index in [4.69, 9.17) is 16.7 Å². The first-order chi connectivity index (χ1) is 11.0. The van der Waals surface area contributed by atoms with Gasteiger partial charge in [-0.2, -0.15) is 0 Å². The van der Waals surface area contributed by atoms with E-state index in [0.717, 1.165) is 11.4 Å². The predicted molar refractivity (Wildman–Crippen MR) is 89.8 cm³/mol. The van der Waals surface area contributed by atoms with Crippen LogP contribution in [0.3, 0.4) is 0 Å². The van der Waals surface area contributed by atoms with Gasteiger partial charge in [-0.25, -0.2) is 4.98 Å². The molecule has 1 aromatic heterocycles. The number of carbonyl (C=O) groups excluding carboxylic acids is 1. The summed E-state index contributed by atoms with van der Waals surface area (Å²) in [5.41, 5.74) is 1.41. The number of carboxylic acids is 1. The maximum absolute atomic E-state index is 12.2. The number of benzene rings is 1. The summed E-state index contributed by atoms with van der Waals surface area (Å²) >= 11 is 7.36. The minimum atomic E-state index is -0.979. The highest BCUT2D eigenvalue weighted by Crippen LogP contribution is 2.20. The minimum absolute atomic E-state index is 0.139. The molecule has 1 aromatic carbocycles. The van der Waals surface area contributed by atoms with Crippen LogP contribution in [0.25, 0.3) is 0 Å². The number of carboxylic acid groups (broad SMARTS) is 1. The van der Waals surface area contributed by atoms with Crippen LogP contribution >= 0.6 is 22.9 Å². The number of rotatable bonds is 7. The first-order valence-electron chi connectivity index (χ1n) is 7.17. The van der Waals surface area contributed by atoms with Crippen LogP contribution in [-0.2, 0) is 22.4 Å². The molecule has 7 heteroatoms. The Morgan fingerprint density at radius 1 is 1.35 bits per heavy atom. The summed E-state index contributed by atoms with van der Waals surface area (Å²) in [5.74, 6) is -1.23. The van der Waals surface area contributed by atoms with E-state index in [1.807, 2.05) is 12.3 Å². The lowest BCUT2D eigenvalue weighted by Gasteiger charge is -2.17. The second-order valence-electron chi connectivity index (χ2n) is 5.03. The van der Waals surface area contributed by atoms with Crippen molar-refractivity contribution in [3.8, 4) is 0 Å². The average molecular weight is 353 g/mol. The molecule has 0 aliphatic rings. The largest absolute Gasteiger partial charge is 0.481 e. The highest BCUT2D eigenvalue weighted by molar-refractivity contribution is 7.09. The van der Waals surface area contributed by atoms with Crippen LogP contribution in [0.15, 0.2) is 29.6 Å². The Balaban J connectivity index is 2.05. The molecule has 0 fully saturated rings. The van der Waals surface area contributed by atoms with Crippen LogP contribution < -0.4 is 5.32 Å². The first-order valence-corrected chi connectivity index (χ1v) is 8.43. The summed E-state index contributed by atoms with van der Waals surface area (Å²) in [6.07, 6.45) is 0.781. The zero-order chi connectivity index (χ0) is 16.8. The second-order valence-corrected chi connectivity index (χ2v) is 6.41. The van der Waals surface area contributed by atoms with Gasteiger partial charge in [-0.05, 0) is 24.1 Å². The second kappa shape index (κ2) is 8.08. The number of aliphatic carboxylic acids is 1. The molecule has 23 heavy (non-hydrogen) atoms. The SMILES string of the molecule is CCc1nc(CC(=O)N[C@@H](CC(=O)O)c2ccc(Cl)cc2)cs1. The highest BCUT2D eigenvalue weighted by atomic mass is 35.5. The molecule has 2 N–H and O–H groups in total. The van der Waals surface area contributed by atoms with E-state index < -0.39 is 12.0 Å². The number of hydrogen-bond acceptors (Lipinski definition) is 4. The van der Waals surface area contributed by atoms with Crippen molar-refractivity contribution < 1.29 is 14.7 Å². The first kappa shape index (κ1) is 17.4. The van der Waals surface area contributed by atoms with Gasteiger partial charge in [-0.3, -0.25) is 9.59 Å². The van der Waals surface area contributed by atoms with E-state index in [2.05, 4.69) is 10.3 Å². The molecule has 1 amide bonds. The lowest BCUT2D eigenvalue weighted by atomic mass is 10.0. The third-order valence-electron chi connectivity index (χ3n) is 3.23. The normalized spacial score (nSPS) is 11.9. The standard InChI is InChI=1S/C16H17ClN2O3S/c1-2-15-18-12(9-23-15)7-14(20)19-13(8-16(21)22)10-3-5-11(17)6-4-10/h3-6,9,13H,2,7-8H2,1H3,(H,19,20)(H,21,22)/t13-/m0/s1. The fourth-order valence-corrected chi connectivity index (χ4v) is 3.00. The topological polar surface area (TPSA) is 79.3 Å². The maximum atomic E-state index is 12.2. The molecule has 0 aliphatic carbocycles. The Hall–Kier alpha value is -1.92. The average Bonchev–Trinajstić information content (AvgIpc) is 2.94. The van der Waals surface area contributed by atoms with E-state index in [1.165, 1.54) is 11.3 Å². The quantitative estimate of drug-likeness (QED) is 0.801. The molecule has 1 heterocycles. The number of hydrogen-bond donors (Lipinski definition) is 2. The van der Waals surface area contributed by atoms with Gasteiger partial charge in [0, 0.05) is 10.4 Å². The number of aromatic nitrogens is 1. The van der Waals surface area contributed by atoms with Gasteiger partial charge in [-0.15, -0.1) is 11.3 Å². The summed E-state index contributed by atoms with van der Waals surface area (Å²) in [6, 6.07) is 6.18. The number of halogens is 1. The van der Waals surface area contributed by atoms with Gasteiger partial charge >= 0.3 is 5.97 Å². The zero-order valence-corrected chi connectivity index (χ0v) is 14.2. The summed E-state index contributed by atoms with van der Waals surface area (Å²) in [7, 11) is 0. The Bertz CT molecular complexity index is 685. The number of carbonyl (C=O) groups is 2. The molecular weight excluding hydrogens is 336 g/mol. The van der Waals surface area contributed by atoms with Crippen LogP contribution in [0, 0.1) is 0 Å². The molecule has 0 saturated carbocycles. The Labute approximate surface area is 143 Å². The van der Waals surface area contributed by atoms with E-state index in [0.29, 0.717) is 16.3 Å². The monoisotopic (exact) mass is 352 g/mol. The molecule has 122 valence electrons. The van der Waals surface area contributed by atoms with Gasteiger partial charge in [0.1, 0.15) is 0 Å². The van der Waals surface area contributed by atoms with Crippen LogP contribution in [-0.4, -0.2) is 22.0 Å². The van der Waals surface area contributed by atoms with Crippen LogP contribution in [0.1, 0.15) is 35.7 Å². The molecule has 0 bridgehead atoms. The summed E-state index contributed by atoms with van der Waals surface area (Å²) < 4.78 is 0. The Morgan fingerprint density at radius 3 is 2.61 bits per heavy atom. The van der Waals surface area contributed by atoms with Gasteiger partial charge < -0.3 is 10.4 Å². The predicted octanol–water partition coefficient (Wildman–Crippen LogP) is 3.23. The van der Waals surface area contributed by atoms with Crippen molar-refractivity contribution >= 4 is 34.8 Å². The Morgan fingerprint density at radius 2 is 2.04 bits per heavy atom. The third kappa shape index (κ3) is 5.33. The van der Waals surface area contributed by atoms with Gasteiger partial charge in [-0.1, -0.05) is 30.7 Å². The van der Waals surface area contributed by atoms with Gasteiger partial charge in [0.2, 0.25) is 5.91 Å². The molecule has 0 radical (unpaired) electrons. The van der Waals surface area contributed by atoms with Crippen molar-refractivity contribution in [3.05, 3.63) is 50.9 Å². The summed E-state index contributed by atoms with van der Waals surface area (Å²) in [4.78, 5) is 27.6. The van der Waals surface area contributed by atoms with Crippen molar-refractivity contribution in [3.63, 3.8) is 0 Å². The smallest absolute Gasteiger partial charge is 0.305 e. The van der Waals surface area contributed by atoms with E-state index >= 15 is 0 Å². The number of thiazole rings is 1. The summed E-state index contributed by atoms with van der Waals surface area (Å²) in [6.45, 7) is 2.01. The van der Waals surface area contributed by atoms with Crippen LogP contribution in [0.5, 0.6) is 0 Å². The van der Waals surface area contributed by atoms with Crippen molar-refractivity contribution in [2.24, 2.45) is 0 Å². The number of nitrogens with one attached hydrogen (secondary N) is 1. The van der Waals surface area contributed by atoms with E-state index in [1.54, 1.807) is 24.3 Å². The molecule has 0 unspecified atom stereocenters.